The molecule has 1 aliphatic rings. The molecule has 1 amide bonds. The van der Waals surface area contributed by atoms with Crippen LogP contribution in [0.25, 0.3) is 0 Å². The topological polar surface area (TPSA) is 46.3 Å². The van der Waals surface area contributed by atoms with Gasteiger partial charge in [-0.15, -0.1) is 11.3 Å². The first-order chi connectivity index (χ1) is 8.31. The molecule has 2 N–H and O–H groups in total. The number of carbonyl (C=O) groups excluding carboxylic acids is 1. The fraction of sp³-hybridized carbons (Fsp3) is 0.615. The van der Waals surface area contributed by atoms with E-state index in [1.54, 1.807) is 0 Å². The quantitative estimate of drug-likeness (QED) is 0.816. The third-order valence-electron chi connectivity index (χ3n) is 3.26. The molecule has 0 unspecified atom stereocenters. The Labute approximate surface area is 107 Å². The van der Waals surface area contributed by atoms with Crippen LogP contribution in [0.4, 0.5) is 0 Å². The highest BCUT2D eigenvalue weighted by Gasteiger charge is 2.20. The van der Waals surface area contributed by atoms with E-state index in [9.17, 15) is 4.79 Å². The van der Waals surface area contributed by atoms with Crippen molar-refractivity contribution in [1.82, 2.24) is 4.90 Å². The number of carbonyl (C=O) groups is 1. The number of nitrogens with zero attached hydrogens (tertiary/aromatic N) is 1. The molecule has 0 bridgehead atoms. The largest absolute Gasteiger partial charge is 0.338 e. The highest BCUT2D eigenvalue weighted by molar-refractivity contribution is 7.10. The summed E-state index contributed by atoms with van der Waals surface area (Å²) in [6.07, 6.45) is 4.78. The lowest BCUT2D eigenvalue weighted by atomic mass is 10.1. The van der Waals surface area contributed by atoms with E-state index in [0.29, 0.717) is 12.3 Å². The Bertz CT molecular complexity index is 375. The fourth-order valence-corrected chi connectivity index (χ4v) is 3.11. The lowest BCUT2D eigenvalue weighted by Gasteiger charge is -2.27. The van der Waals surface area contributed by atoms with E-state index in [1.807, 2.05) is 16.2 Å². The van der Waals surface area contributed by atoms with E-state index in [4.69, 9.17) is 5.73 Å². The Balaban J connectivity index is 1.78. The summed E-state index contributed by atoms with van der Waals surface area (Å²) in [5.74, 6) is 0.305. The first-order valence-electron chi connectivity index (χ1n) is 6.34. The first kappa shape index (κ1) is 12.6. The second-order valence-electron chi connectivity index (χ2n) is 4.53. The normalized spacial score (nSPS) is 14.8. The van der Waals surface area contributed by atoms with Crippen LogP contribution in [-0.2, 0) is 17.8 Å². The molecule has 0 aromatic carbocycles. The number of nitrogens with two attached hydrogens (primary N) is 1. The Morgan fingerprint density at radius 1 is 1.41 bits per heavy atom. The van der Waals surface area contributed by atoms with Crippen LogP contribution in [0, 0.1) is 0 Å². The van der Waals surface area contributed by atoms with Gasteiger partial charge in [-0.25, -0.2) is 0 Å². The highest BCUT2D eigenvalue weighted by Crippen LogP contribution is 2.24. The van der Waals surface area contributed by atoms with Crippen molar-refractivity contribution < 1.29 is 4.79 Å². The number of unbranched alkanes of at least 4 members (excludes halogenated alkanes) is 2. The average Bonchev–Trinajstić information content (AvgIpc) is 2.81. The summed E-state index contributed by atoms with van der Waals surface area (Å²) in [6.45, 7) is 2.44. The summed E-state index contributed by atoms with van der Waals surface area (Å²) in [5, 5.41) is 2.12. The van der Waals surface area contributed by atoms with Gasteiger partial charge in [-0.2, -0.15) is 0 Å². The molecule has 1 aromatic heterocycles. The van der Waals surface area contributed by atoms with E-state index >= 15 is 0 Å². The van der Waals surface area contributed by atoms with Gasteiger partial charge in [0, 0.05) is 24.4 Å². The van der Waals surface area contributed by atoms with Crippen molar-refractivity contribution in [3.63, 3.8) is 0 Å². The summed E-state index contributed by atoms with van der Waals surface area (Å²) < 4.78 is 0. The van der Waals surface area contributed by atoms with Crippen LogP contribution < -0.4 is 5.73 Å². The van der Waals surface area contributed by atoms with Crippen LogP contribution in [0.3, 0.4) is 0 Å². The third-order valence-corrected chi connectivity index (χ3v) is 4.28. The van der Waals surface area contributed by atoms with Gasteiger partial charge >= 0.3 is 0 Å². The molecule has 2 heterocycles. The molecule has 4 heteroatoms. The van der Waals surface area contributed by atoms with Crippen molar-refractivity contribution in [2.24, 2.45) is 5.73 Å². The zero-order valence-electron chi connectivity index (χ0n) is 10.2. The molecule has 1 aliphatic heterocycles. The number of fused-ring (bicyclic) bond motifs is 1. The standard InChI is InChI=1S/C13H20N2OS/c14-7-3-1-2-4-13(16)15-8-5-12-11(10-15)6-9-17-12/h6,9H,1-5,7-8,10,14H2. The maximum atomic E-state index is 12.0. The average molecular weight is 252 g/mol. The van der Waals surface area contributed by atoms with E-state index in [-0.39, 0.29) is 0 Å². The van der Waals surface area contributed by atoms with Gasteiger partial charge in [-0.1, -0.05) is 6.42 Å². The molecule has 0 aliphatic carbocycles. The summed E-state index contributed by atoms with van der Waals surface area (Å²) in [4.78, 5) is 15.4. The van der Waals surface area contributed by atoms with E-state index in [1.165, 1.54) is 10.4 Å². The Hall–Kier alpha value is -0.870. The van der Waals surface area contributed by atoms with Gasteiger partial charge in [0.25, 0.3) is 0 Å². The van der Waals surface area contributed by atoms with Gasteiger partial charge in [0.1, 0.15) is 0 Å². The zero-order valence-corrected chi connectivity index (χ0v) is 11.0. The molecule has 0 atom stereocenters. The van der Waals surface area contributed by atoms with Gasteiger partial charge in [0.2, 0.25) is 5.91 Å². The van der Waals surface area contributed by atoms with Crippen LogP contribution in [0.1, 0.15) is 36.1 Å². The van der Waals surface area contributed by atoms with Crippen LogP contribution >= 0.6 is 11.3 Å². The molecule has 0 spiro atoms. The monoisotopic (exact) mass is 252 g/mol. The molecular weight excluding hydrogens is 232 g/mol. The lowest BCUT2D eigenvalue weighted by Crippen LogP contribution is -2.35. The summed E-state index contributed by atoms with van der Waals surface area (Å²) in [7, 11) is 0. The third kappa shape index (κ3) is 3.30. The Morgan fingerprint density at radius 2 is 2.29 bits per heavy atom. The van der Waals surface area contributed by atoms with Crippen molar-refractivity contribution in [1.29, 1.82) is 0 Å². The van der Waals surface area contributed by atoms with Crippen molar-refractivity contribution >= 4 is 17.2 Å². The molecule has 94 valence electrons. The first-order valence-corrected chi connectivity index (χ1v) is 7.22. The Kier molecular flexibility index (Phi) is 4.57. The second kappa shape index (κ2) is 6.17. The summed E-state index contributed by atoms with van der Waals surface area (Å²) in [6, 6.07) is 2.15. The van der Waals surface area contributed by atoms with Crippen LogP contribution in [0.15, 0.2) is 11.4 Å². The molecule has 0 saturated heterocycles. The summed E-state index contributed by atoms with van der Waals surface area (Å²) in [5.41, 5.74) is 6.78. The van der Waals surface area contributed by atoms with Crippen LogP contribution in [0.2, 0.25) is 0 Å². The van der Waals surface area contributed by atoms with Gasteiger partial charge in [-0.3, -0.25) is 4.79 Å². The molecule has 17 heavy (non-hydrogen) atoms. The molecular formula is C13H20N2OS. The van der Waals surface area contributed by atoms with E-state index < -0.39 is 0 Å². The van der Waals surface area contributed by atoms with Gasteiger partial charge in [0.15, 0.2) is 0 Å². The zero-order chi connectivity index (χ0) is 12.1. The summed E-state index contributed by atoms with van der Waals surface area (Å²) >= 11 is 1.81. The van der Waals surface area contributed by atoms with Gasteiger partial charge < -0.3 is 10.6 Å². The number of amides is 1. The Morgan fingerprint density at radius 3 is 3.12 bits per heavy atom. The van der Waals surface area contributed by atoms with Gasteiger partial charge in [0.05, 0.1) is 0 Å². The number of rotatable bonds is 5. The lowest BCUT2D eigenvalue weighted by molar-refractivity contribution is -0.132. The fourth-order valence-electron chi connectivity index (χ4n) is 2.22. The van der Waals surface area contributed by atoms with Crippen LogP contribution in [-0.4, -0.2) is 23.9 Å². The molecule has 1 aromatic rings. The van der Waals surface area contributed by atoms with Gasteiger partial charge in [-0.05, 0) is 42.8 Å². The molecule has 0 radical (unpaired) electrons. The van der Waals surface area contributed by atoms with Crippen molar-refractivity contribution in [3.05, 3.63) is 21.9 Å². The minimum Gasteiger partial charge on any atom is -0.338 e. The number of thiophene rings is 1. The minimum atomic E-state index is 0.305. The number of hydrogen-bond acceptors (Lipinski definition) is 3. The number of hydrogen-bond donors (Lipinski definition) is 1. The van der Waals surface area contributed by atoms with E-state index in [2.05, 4.69) is 11.4 Å². The molecule has 0 fully saturated rings. The predicted octanol–water partition coefficient (Wildman–Crippen LogP) is 2.15. The van der Waals surface area contributed by atoms with Crippen LogP contribution in [0.5, 0.6) is 0 Å². The maximum Gasteiger partial charge on any atom is 0.222 e. The maximum absolute atomic E-state index is 12.0. The van der Waals surface area contributed by atoms with E-state index in [0.717, 1.165) is 45.3 Å². The molecule has 3 nitrogen and oxygen atoms in total. The molecule has 0 saturated carbocycles. The molecule has 2 rings (SSSR count). The predicted molar refractivity (Wildman–Crippen MR) is 71.0 cm³/mol. The smallest absolute Gasteiger partial charge is 0.222 e. The second-order valence-corrected chi connectivity index (χ2v) is 5.53. The highest BCUT2D eigenvalue weighted by atomic mass is 32.1. The van der Waals surface area contributed by atoms with Crippen molar-refractivity contribution in [2.75, 3.05) is 13.1 Å². The minimum absolute atomic E-state index is 0.305. The van der Waals surface area contributed by atoms with Crippen molar-refractivity contribution in [2.45, 2.75) is 38.6 Å². The SMILES string of the molecule is NCCCCCC(=O)N1CCc2sccc2C1. The van der Waals surface area contributed by atoms with Crippen molar-refractivity contribution in [3.8, 4) is 0 Å².